The molecule has 1 aliphatic carbocycles. The second kappa shape index (κ2) is 24.0. The van der Waals surface area contributed by atoms with Gasteiger partial charge in [-0.3, -0.25) is 9.59 Å². The minimum absolute atomic E-state index is 0.271. The molecular formula is C31H54F2N2O4. The zero-order valence-corrected chi connectivity index (χ0v) is 24.0. The number of carbonyl (C=O) groups is 2. The zero-order valence-electron chi connectivity index (χ0n) is 24.0. The lowest BCUT2D eigenvalue weighted by Crippen LogP contribution is -2.35. The maximum atomic E-state index is 14.1. The minimum atomic E-state index is -0.802. The van der Waals surface area contributed by atoms with Crippen molar-refractivity contribution in [2.75, 3.05) is 13.2 Å². The molecule has 4 N–H and O–H groups in total. The zero-order chi connectivity index (χ0) is 28.6. The first kappa shape index (κ1) is 35.2. The average Bonchev–Trinajstić information content (AvgIpc) is 3.66. The van der Waals surface area contributed by atoms with Crippen LogP contribution in [0.1, 0.15) is 135 Å². The fraction of sp³-hybridized carbons (Fsp3) is 0.806. The monoisotopic (exact) mass is 556 g/mol. The molecule has 0 aromatic carbocycles. The second-order valence-corrected chi connectivity index (χ2v) is 10.9. The van der Waals surface area contributed by atoms with E-state index in [1.54, 1.807) is 0 Å². The highest BCUT2D eigenvalue weighted by Crippen LogP contribution is 2.23. The summed E-state index contributed by atoms with van der Waals surface area (Å²) in [7, 11) is 0. The predicted octanol–water partition coefficient (Wildman–Crippen LogP) is 6.85. The number of allylic oxidation sites excluding steroid dienone is 2. The Balaban J connectivity index is 2.05. The number of rotatable bonds is 26. The predicted molar refractivity (Wildman–Crippen MR) is 153 cm³/mol. The van der Waals surface area contributed by atoms with Gasteiger partial charge in [-0.2, -0.15) is 0 Å². The van der Waals surface area contributed by atoms with E-state index in [0.29, 0.717) is 19.3 Å². The van der Waals surface area contributed by atoms with Crippen molar-refractivity contribution < 1.29 is 28.6 Å². The highest BCUT2D eigenvalue weighted by atomic mass is 19.1. The van der Waals surface area contributed by atoms with Crippen LogP contribution in [0.2, 0.25) is 0 Å². The molecule has 1 rings (SSSR count). The molecule has 0 bridgehead atoms. The van der Waals surface area contributed by atoms with E-state index in [1.165, 1.54) is 37.8 Å². The van der Waals surface area contributed by atoms with Crippen LogP contribution >= 0.6 is 0 Å². The van der Waals surface area contributed by atoms with Crippen molar-refractivity contribution in [3.8, 4) is 0 Å². The van der Waals surface area contributed by atoms with E-state index >= 15 is 0 Å². The number of aliphatic hydroxyl groups is 2. The molecule has 0 radical (unpaired) electrons. The van der Waals surface area contributed by atoms with Gasteiger partial charge in [0, 0.05) is 13.2 Å². The lowest BCUT2D eigenvalue weighted by atomic mass is 10.1. The molecule has 2 atom stereocenters. The van der Waals surface area contributed by atoms with Gasteiger partial charge in [-0.1, -0.05) is 89.9 Å². The number of hydrogen-bond acceptors (Lipinski definition) is 4. The largest absolute Gasteiger partial charge is 0.396 e. The Morgan fingerprint density at radius 1 is 0.538 bits per heavy atom. The highest BCUT2D eigenvalue weighted by Gasteiger charge is 2.40. The molecule has 226 valence electrons. The molecular weight excluding hydrogens is 502 g/mol. The van der Waals surface area contributed by atoms with Gasteiger partial charge in [-0.25, -0.2) is 8.78 Å². The van der Waals surface area contributed by atoms with Gasteiger partial charge >= 0.3 is 0 Å². The Labute approximate surface area is 235 Å². The average molecular weight is 557 g/mol. The molecule has 0 saturated heterocycles. The van der Waals surface area contributed by atoms with Crippen molar-refractivity contribution in [1.29, 1.82) is 0 Å². The van der Waals surface area contributed by atoms with Crippen molar-refractivity contribution in [2.24, 2.45) is 0 Å². The van der Waals surface area contributed by atoms with Gasteiger partial charge in [-0.05, 0) is 57.1 Å². The van der Waals surface area contributed by atoms with Crippen LogP contribution in [-0.2, 0) is 9.59 Å². The van der Waals surface area contributed by atoms with Crippen molar-refractivity contribution in [2.45, 2.75) is 147 Å². The lowest BCUT2D eigenvalue weighted by molar-refractivity contribution is -0.120. The first-order valence-corrected chi connectivity index (χ1v) is 15.5. The summed E-state index contributed by atoms with van der Waals surface area (Å²) >= 11 is 0. The summed E-state index contributed by atoms with van der Waals surface area (Å²) in [6, 6.07) is -0.733. The summed E-state index contributed by atoms with van der Waals surface area (Å²) in [6.45, 7) is 0.542. The van der Waals surface area contributed by atoms with Crippen LogP contribution in [0.25, 0.3) is 0 Å². The molecule has 6 nitrogen and oxygen atoms in total. The van der Waals surface area contributed by atoms with Gasteiger partial charge < -0.3 is 20.8 Å². The minimum Gasteiger partial charge on any atom is -0.396 e. The highest BCUT2D eigenvalue weighted by molar-refractivity contribution is 5.93. The maximum absolute atomic E-state index is 14.1. The third-order valence-electron chi connectivity index (χ3n) is 7.23. The SMILES string of the molecule is O=C(N[C@H]1C[C@H]1NC(=O)/C(F)=C/CCCCCCCCCCCO)/C(F)=C/CCCCCCCCCCCO. The molecule has 1 fully saturated rings. The van der Waals surface area contributed by atoms with Crippen LogP contribution in [-0.4, -0.2) is 47.3 Å². The first-order valence-electron chi connectivity index (χ1n) is 15.5. The van der Waals surface area contributed by atoms with Crippen LogP contribution in [0.15, 0.2) is 23.8 Å². The van der Waals surface area contributed by atoms with Gasteiger partial charge in [0.05, 0.1) is 12.1 Å². The Morgan fingerprint density at radius 2 is 0.821 bits per heavy atom. The van der Waals surface area contributed by atoms with Gasteiger partial charge in [0.25, 0.3) is 11.8 Å². The fourth-order valence-corrected chi connectivity index (χ4v) is 4.62. The van der Waals surface area contributed by atoms with Crippen LogP contribution in [0.3, 0.4) is 0 Å². The number of carbonyl (C=O) groups excluding carboxylic acids is 2. The molecule has 0 aromatic heterocycles. The van der Waals surface area contributed by atoms with Crippen LogP contribution in [0, 0.1) is 0 Å². The van der Waals surface area contributed by atoms with Crippen molar-refractivity contribution in [3.63, 3.8) is 0 Å². The smallest absolute Gasteiger partial charge is 0.279 e. The van der Waals surface area contributed by atoms with Gasteiger partial charge in [0.2, 0.25) is 0 Å². The van der Waals surface area contributed by atoms with E-state index in [0.717, 1.165) is 89.9 Å². The summed E-state index contributed by atoms with van der Waals surface area (Å²) in [5.41, 5.74) is 0. The summed E-state index contributed by atoms with van der Waals surface area (Å²) in [5.74, 6) is -3.16. The number of unbranched alkanes of at least 4 members (excludes halogenated alkanes) is 18. The number of hydrogen-bond donors (Lipinski definition) is 4. The molecule has 39 heavy (non-hydrogen) atoms. The molecule has 0 spiro atoms. The maximum Gasteiger partial charge on any atom is 0.279 e. The summed E-state index contributed by atoms with van der Waals surface area (Å²) < 4.78 is 28.2. The second-order valence-electron chi connectivity index (χ2n) is 10.9. The number of nitrogens with one attached hydrogen (secondary N) is 2. The third-order valence-corrected chi connectivity index (χ3v) is 7.23. The van der Waals surface area contributed by atoms with Crippen LogP contribution in [0.5, 0.6) is 0 Å². The first-order chi connectivity index (χ1) is 19.0. The molecule has 0 aromatic rings. The molecule has 8 heteroatoms. The standard InChI is InChI=1S/C31H54F2N2O4/c32-26(21-17-13-9-5-1-3-7-11-15-19-23-36)30(38)34-28-25-29(28)35-31(39)27(33)22-18-14-10-6-2-4-8-12-16-20-24-37/h21-22,28-29,36-37H,1-20,23-25H2,(H,34,38)(H,35,39)/b26-21-,27-22-/t28-,29+. The molecule has 2 amide bonds. The Morgan fingerprint density at radius 3 is 1.13 bits per heavy atom. The molecule has 0 unspecified atom stereocenters. The molecule has 0 heterocycles. The quantitative estimate of drug-likeness (QED) is 0.0691. The Hall–Kier alpha value is -1.80. The van der Waals surface area contributed by atoms with Crippen molar-refractivity contribution in [1.82, 2.24) is 10.6 Å². The number of halogens is 2. The fourth-order valence-electron chi connectivity index (χ4n) is 4.62. The summed E-state index contributed by atoms with van der Waals surface area (Å²) in [4.78, 5) is 24.0. The van der Waals surface area contributed by atoms with E-state index in [4.69, 9.17) is 10.2 Å². The Bertz CT molecular complexity index is 657. The van der Waals surface area contributed by atoms with E-state index in [2.05, 4.69) is 10.6 Å². The third kappa shape index (κ3) is 19.8. The Kier molecular flexibility index (Phi) is 21.7. The molecule has 1 saturated carbocycles. The topological polar surface area (TPSA) is 98.7 Å². The van der Waals surface area contributed by atoms with E-state index in [1.807, 2.05) is 0 Å². The van der Waals surface area contributed by atoms with Gasteiger partial charge in [0.1, 0.15) is 0 Å². The van der Waals surface area contributed by atoms with Gasteiger partial charge in [-0.15, -0.1) is 0 Å². The van der Waals surface area contributed by atoms with E-state index in [9.17, 15) is 18.4 Å². The van der Waals surface area contributed by atoms with Crippen LogP contribution < -0.4 is 10.6 Å². The molecule has 1 aliphatic rings. The van der Waals surface area contributed by atoms with E-state index < -0.39 is 23.5 Å². The van der Waals surface area contributed by atoms with Crippen LogP contribution in [0.4, 0.5) is 8.78 Å². The number of aliphatic hydroxyl groups excluding tert-OH is 2. The van der Waals surface area contributed by atoms with E-state index in [-0.39, 0.29) is 25.3 Å². The number of amides is 2. The van der Waals surface area contributed by atoms with Crippen molar-refractivity contribution in [3.05, 3.63) is 23.8 Å². The summed E-state index contributed by atoms with van der Waals surface area (Å²) in [6.07, 6.45) is 23.4. The lowest BCUT2D eigenvalue weighted by Gasteiger charge is -2.05. The van der Waals surface area contributed by atoms with Crippen molar-refractivity contribution >= 4 is 11.8 Å². The summed E-state index contributed by atoms with van der Waals surface area (Å²) in [5, 5.41) is 22.6. The van der Waals surface area contributed by atoms with Gasteiger partial charge in [0.15, 0.2) is 11.7 Å². The molecule has 0 aliphatic heterocycles. The normalized spacial score (nSPS) is 17.3.